The fourth-order valence-corrected chi connectivity index (χ4v) is 4.45. The van der Waals surface area contributed by atoms with Crippen molar-refractivity contribution in [3.63, 3.8) is 0 Å². The van der Waals surface area contributed by atoms with Crippen molar-refractivity contribution in [3.8, 4) is 11.3 Å². The molecule has 1 aliphatic carbocycles. The smallest absolute Gasteiger partial charge is 0.294 e. The van der Waals surface area contributed by atoms with Crippen LogP contribution >= 0.6 is 0 Å². The van der Waals surface area contributed by atoms with E-state index < -0.39 is 11.6 Å². The molecule has 0 spiro atoms. The number of hydrogen-bond acceptors (Lipinski definition) is 5. The maximum atomic E-state index is 13.4. The Morgan fingerprint density at radius 3 is 2.66 bits per heavy atom. The summed E-state index contributed by atoms with van der Waals surface area (Å²) in [7, 11) is 1.66. The van der Waals surface area contributed by atoms with Gasteiger partial charge in [0.1, 0.15) is 6.54 Å². The van der Waals surface area contributed by atoms with Gasteiger partial charge >= 0.3 is 0 Å². The molecule has 4 rings (SSSR count). The molecule has 2 amide bonds. The molecule has 1 heterocycles. The number of nitrogens with zero attached hydrogens (tertiary/aromatic N) is 2. The van der Waals surface area contributed by atoms with Crippen molar-refractivity contribution in [1.29, 1.82) is 0 Å². The Morgan fingerprint density at radius 1 is 1.14 bits per heavy atom. The largest absolute Gasteiger partial charge is 0.348 e. The highest BCUT2D eigenvalue weighted by molar-refractivity contribution is 5.93. The molecule has 8 nitrogen and oxygen atoms in total. The Hall–Kier alpha value is -3.78. The van der Waals surface area contributed by atoms with E-state index in [4.69, 9.17) is 0 Å². The van der Waals surface area contributed by atoms with E-state index >= 15 is 0 Å². The first-order chi connectivity index (χ1) is 16.9. The van der Waals surface area contributed by atoms with Gasteiger partial charge in [0.15, 0.2) is 5.82 Å². The van der Waals surface area contributed by atoms with Gasteiger partial charge in [0.25, 0.3) is 5.56 Å². The summed E-state index contributed by atoms with van der Waals surface area (Å²) in [5, 5.41) is 8.54. The number of amides is 2. The normalized spacial score (nSPS) is 15.7. The molecule has 0 radical (unpaired) electrons. The molecule has 2 aromatic carbocycles. The molecule has 3 N–H and O–H groups in total. The fraction of sp³-hybridized carbons (Fsp3) is 0.333. The SMILES string of the molecule is CN[C@@H](C)C(=O)Nc1ncc(-c2ccccc2C)n(CC(=O)N[C@@H]2CCCc3ccccc32)c1=O. The predicted octanol–water partition coefficient (Wildman–Crippen LogP) is 2.96. The van der Waals surface area contributed by atoms with Gasteiger partial charge in [-0.25, -0.2) is 4.98 Å². The second-order valence-electron chi connectivity index (χ2n) is 8.91. The minimum Gasteiger partial charge on any atom is -0.348 e. The first-order valence-electron chi connectivity index (χ1n) is 11.9. The number of carbonyl (C=O) groups is 2. The number of aromatic nitrogens is 2. The van der Waals surface area contributed by atoms with Crippen molar-refractivity contribution in [2.45, 2.75) is 51.7 Å². The summed E-state index contributed by atoms with van der Waals surface area (Å²) in [5.41, 5.74) is 4.12. The highest BCUT2D eigenvalue weighted by atomic mass is 16.2. The van der Waals surface area contributed by atoms with Crippen LogP contribution in [0.25, 0.3) is 11.3 Å². The predicted molar refractivity (Wildman–Crippen MR) is 136 cm³/mol. The number of benzene rings is 2. The van der Waals surface area contributed by atoms with Crippen LogP contribution in [0, 0.1) is 6.92 Å². The van der Waals surface area contributed by atoms with Gasteiger partial charge < -0.3 is 16.0 Å². The third-order valence-corrected chi connectivity index (χ3v) is 6.55. The molecule has 0 fully saturated rings. The number of fused-ring (bicyclic) bond motifs is 1. The lowest BCUT2D eigenvalue weighted by molar-refractivity contribution is -0.122. The lowest BCUT2D eigenvalue weighted by Gasteiger charge is -2.26. The number of likely N-dealkylation sites (N-methyl/N-ethyl adjacent to an activating group) is 1. The van der Waals surface area contributed by atoms with E-state index in [9.17, 15) is 14.4 Å². The second kappa shape index (κ2) is 10.7. The Labute approximate surface area is 204 Å². The van der Waals surface area contributed by atoms with Gasteiger partial charge in [0.2, 0.25) is 11.8 Å². The number of aryl methyl sites for hydroxylation is 2. The zero-order chi connectivity index (χ0) is 24.9. The van der Waals surface area contributed by atoms with E-state index in [-0.39, 0.29) is 30.2 Å². The summed E-state index contributed by atoms with van der Waals surface area (Å²) in [6.07, 6.45) is 4.37. The number of hydrogen-bond donors (Lipinski definition) is 3. The van der Waals surface area contributed by atoms with Crippen molar-refractivity contribution in [2.24, 2.45) is 0 Å². The molecule has 0 saturated heterocycles. The maximum Gasteiger partial charge on any atom is 0.294 e. The molecule has 1 aliphatic rings. The molecule has 1 aromatic heterocycles. The van der Waals surface area contributed by atoms with Gasteiger partial charge in [0, 0.05) is 5.56 Å². The number of nitrogens with one attached hydrogen (secondary N) is 3. The van der Waals surface area contributed by atoms with Gasteiger partial charge in [-0.2, -0.15) is 0 Å². The van der Waals surface area contributed by atoms with Gasteiger partial charge in [-0.1, -0.05) is 48.5 Å². The summed E-state index contributed by atoms with van der Waals surface area (Å²) in [6, 6.07) is 15.2. The van der Waals surface area contributed by atoms with Gasteiger partial charge in [-0.15, -0.1) is 0 Å². The molecule has 182 valence electrons. The minimum absolute atomic E-state index is 0.0949. The third kappa shape index (κ3) is 5.33. The first kappa shape index (κ1) is 24.3. The number of anilines is 1. The standard InChI is InChI=1S/C27H31N5O3/c1-17-9-4-6-12-20(17)23-15-29-25(31-26(34)18(2)28-3)27(35)32(23)16-24(33)30-22-14-8-11-19-10-5-7-13-21(19)22/h4-7,9-10,12-13,15,18,22,28H,8,11,14,16H2,1-3H3,(H,30,33)(H,29,31,34)/t18-,22+/m0/s1. The van der Waals surface area contributed by atoms with Crippen LogP contribution in [-0.4, -0.2) is 34.5 Å². The summed E-state index contributed by atoms with van der Waals surface area (Å²) in [5.74, 6) is -0.753. The highest BCUT2D eigenvalue weighted by Crippen LogP contribution is 2.29. The molecule has 0 bridgehead atoms. The monoisotopic (exact) mass is 473 g/mol. The zero-order valence-electron chi connectivity index (χ0n) is 20.3. The zero-order valence-corrected chi connectivity index (χ0v) is 20.3. The average molecular weight is 474 g/mol. The van der Waals surface area contributed by atoms with E-state index in [0.717, 1.165) is 36.0 Å². The molecule has 8 heteroatoms. The van der Waals surface area contributed by atoms with Crippen molar-refractivity contribution < 1.29 is 9.59 Å². The fourth-order valence-electron chi connectivity index (χ4n) is 4.45. The van der Waals surface area contributed by atoms with Crippen LogP contribution < -0.4 is 21.5 Å². The lowest BCUT2D eigenvalue weighted by Crippen LogP contribution is -2.40. The van der Waals surface area contributed by atoms with Crippen LogP contribution in [0.2, 0.25) is 0 Å². The Bertz CT molecular complexity index is 1300. The average Bonchev–Trinajstić information content (AvgIpc) is 2.86. The quantitative estimate of drug-likeness (QED) is 0.489. The molecule has 2 atom stereocenters. The molecular weight excluding hydrogens is 442 g/mol. The molecule has 0 saturated carbocycles. The van der Waals surface area contributed by atoms with E-state index in [1.807, 2.05) is 49.4 Å². The van der Waals surface area contributed by atoms with Crippen molar-refractivity contribution in [1.82, 2.24) is 20.2 Å². The Balaban J connectivity index is 1.67. The highest BCUT2D eigenvalue weighted by Gasteiger charge is 2.23. The summed E-state index contributed by atoms with van der Waals surface area (Å²) in [6.45, 7) is 3.44. The van der Waals surface area contributed by atoms with Crippen molar-refractivity contribution in [3.05, 3.63) is 81.8 Å². The Kier molecular flexibility index (Phi) is 7.41. The lowest BCUT2D eigenvalue weighted by atomic mass is 9.88. The topological polar surface area (TPSA) is 105 Å². The molecule has 35 heavy (non-hydrogen) atoms. The molecular formula is C27H31N5O3. The van der Waals surface area contributed by atoms with Crippen LogP contribution in [0.3, 0.4) is 0 Å². The summed E-state index contributed by atoms with van der Waals surface area (Å²) >= 11 is 0. The van der Waals surface area contributed by atoms with E-state index in [1.54, 1.807) is 14.0 Å². The van der Waals surface area contributed by atoms with Crippen LogP contribution in [0.4, 0.5) is 5.82 Å². The van der Waals surface area contributed by atoms with E-state index in [0.29, 0.717) is 5.69 Å². The van der Waals surface area contributed by atoms with Crippen molar-refractivity contribution in [2.75, 3.05) is 12.4 Å². The van der Waals surface area contributed by atoms with E-state index in [2.05, 4.69) is 27.0 Å². The second-order valence-corrected chi connectivity index (χ2v) is 8.91. The Morgan fingerprint density at radius 2 is 1.89 bits per heavy atom. The number of carbonyl (C=O) groups excluding carboxylic acids is 2. The van der Waals surface area contributed by atoms with Gasteiger partial charge in [0.05, 0.1) is 24.0 Å². The van der Waals surface area contributed by atoms with Crippen LogP contribution in [0.1, 0.15) is 42.5 Å². The van der Waals surface area contributed by atoms with Crippen molar-refractivity contribution >= 4 is 17.6 Å². The summed E-state index contributed by atoms with van der Waals surface area (Å²) in [4.78, 5) is 43.3. The summed E-state index contributed by atoms with van der Waals surface area (Å²) < 4.78 is 1.39. The van der Waals surface area contributed by atoms with Crippen LogP contribution in [-0.2, 0) is 22.6 Å². The molecule has 0 unspecified atom stereocenters. The molecule has 0 aliphatic heterocycles. The van der Waals surface area contributed by atoms with E-state index in [1.165, 1.54) is 16.3 Å². The van der Waals surface area contributed by atoms with Gasteiger partial charge in [-0.05, 0) is 56.8 Å². The first-order valence-corrected chi connectivity index (χ1v) is 11.9. The van der Waals surface area contributed by atoms with Gasteiger partial charge in [-0.3, -0.25) is 19.0 Å². The molecule has 3 aromatic rings. The van der Waals surface area contributed by atoms with Crippen LogP contribution in [0.15, 0.2) is 59.5 Å². The third-order valence-electron chi connectivity index (χ3n) is 6.55. The minimum atomic E-state index is -0.526. The van der Waals surface area contributed by atoms with Crippen LogP contribution in [0.5, 0.6) is 0 Å². The maximum absolute atomic E-state index is 13.4. The number of rotatable bonds is 7.